The van der Waals surface area contributed by atoms with E-state index < -0.39 is 0 Å². The van der Waals surface area contributed by atoms with Gasteiger partial charge in [0, 0.05) is 23.2 Å². The third-order valence-electron chi connectivity index (χ3n) is 6.23. The quantitative estimate of drug-likeness (QED) is 0.347. The van der Waals surface area contributed by atoms with Gasteiger partial charge >= 0.3 is 0 Å². The van der Waals surface area contributed by atoms with Gasteiger partial charge in [0.05, 0.1) is 28.8 Å². The minimum Gasteiger partial charge on any atom is -0.347 e. The summed E-state index contributed by atoms with van der Waals surface area (Å²) >= 11 is 0. The highest BCUT2D eigenvalue weighted by atomic mass is 15.2. The van der Waals surface area contributed by atoms with E-state index in [2.05, 4.69) is 85.5 Å². The predicted octanol–water partition coefficient (Wildman–Crippen LogP) is 5.44. The maximum Gasteiger partial charge on any atom is 0.159 e. The molecule has 4 heterocycles. The first kappa shape index (κ1) is 20.3. The van der Waals surface area contributed by atoms with Gasteiger partial charge in [-0.3, -0.25) is 0 Å². The van der Waals surface area contributed by atoms with Gasteiger partial charge in [-0.2, -0.15) is 0 Å². The van der Waals surface area contributed by atoms with Crippen LogP contribution in [0.25, 0.3) is 33.2 Å². The molecule has 5 aromatic rings. The van der Waals surface area contributed by atoms with Crippen LogP contribution < -0.4 is 4.90 Å². The van der Waals surface area contributed by atoms with Crippen LogP contribution in [0.15, 0.2) is 73.5 Å². The number of nitrogens with zero attached hydrogens (tertiary/aromatic N) is 6. The molecule has 0 saturated carbocycles. The summed E-state index contributed by atoms with van der Waals surface area (Å²) in [5.41, 5.74) is 6.65. The van der Waals surface area contributed by atoms with Crippen LogP contribution in [-0.4, -0.2) is 31.5 Å². The first-order valence-electron chi connectivity index (χ1n) is 11.4. The summed E-state index contributed by atoms with van der Waals surface area (Å²) in [4.78, 5) is 25.2. The van der Waals surface area contributed by atoms with Crippen molar-refractivity contribution < 1.29 is 0 Å². The van der Waals surface area contributed by atoms with E-state index in [1.165, 1.54) is 0 Å². The Labute approximate surface area is 198 Å². The van der Waals surface area contributed by atoms with E-state index >= 15 is 0 Å². The molecule has 0 spiro atoms. The lowest BCUT2D eigenvalue weighted by molar-refractivity contribution is 0.636. The standard InChI is InChI=1S/C28H22N6/c1-19-11-12-21-15-22(26(33-23(21)14-19)20-8-4-2-5-9-20)25-10-6-3-7-13-34(25)28-27-24(30-18-32-28)16-29-17-31-27/h2-6,8-9,14-18,25H,7,10,13H2,1H3/t25-/m0/s1. The zero-order valence-corrected chi connectivity index (χ0v) is 18.8. The molecule has 0 saturated heterocycles. The van der Waals surface area contributed by atoms with Gasteiger partial charge in [0.2, 0.25) is 0 Å². The summed E-state index contributed by atoms with van der Waals surface area (Å²) in [7, 11) is 0. The van der Waals surface area contributed by atoms with E-state index in [4.69, 9.17) is 4.98 Å². The van der Waals surface area contributed by atoms with Gasteiger partial charge in [0.15, 0.2) is 5.82 Å². The normalized spacial score (nSPS) is 15.9. The molecule has 3 aromatic heterocycles. The van der Waals surface area contributed by atoms with Gasteiger partial charge in [-0.15, -0.1) is 0 Å². The van der Waals surface area contributed by atoms with Crippen LogP contribution >= 0.6 is 0 Å². The fraction of sp³-hybridized carbons (Fsp3) is 0.179. The fourth-order valence-electron chi connectivity index (χ4n) is 4.64. The average molecular weight is 443 g/mol. The molecule has 34 heavy (non-hydrogen) atoms. The van der Waals surface area contributed by atoms with Crippen molar-refractivity contribution >= 4 is 27.8 Å². The molecule has 6 nitrogen and oxygen atoms in total. The van der Waals surface area contributed by atoms with Crippen LogP contribution in [0.3, 0.4) is 0 Å². The second kappa shape index (κ2) is 8.53. The fourth-order valence-corrected chi connectivity index (χ4v) is 4.64. The third-order valence-corrected chi connectivity index (χ3v) is 6.23. The smallest absolute Gasteiger partial charge is 0.159 e. The number of rotatable bonds is 3. The highest BCUT2D eigenvalue weighted by Gasteiger charge is 2.28. The largest absolute Gasteiger partial charge is 0.347 e. The van der Waals surface area contributed by atoms with Crippen LogP contribution in [0, 0.1) is 19.1 Å². The molecule has 164 valence electrons. The minimum absolute atomic E-state index is 0.0219. The Bertz CT molecular complexity index is 1510. The molecule has 0 unspecified atom stereocenters. The Kier molecular flexibility index (Phi) is 5.08. The van der Waals surface area contributed by atoms with Crippen LogP contribution in [0.4, 0.5) is 5.82 Å². The minimum atomic E-state index is 0.0219. The summed E-state index contributed by atoms with van der Waals surface area (Å²) in [5.74, 6) is 0.819. The molecule has 1 aliphatic heterocycles. The molecular formula is C28H22N6. The summed E-state index contributed by atoms with van der Waals surface area (Å²) in [6, 6.07) is 21.2. The van der Waals surface area contributed by atoms with Crippen molar-refractivity contribution in [1.29, 1.82) is 0 Å². The lowest BCUT2D eigenvalue weighted by Crippen LogP contribution is -2.30. The van der Waals surface area contributed by atoms with Crippen LogP contribution in [0.5, 0.6) is 0 Å². The second-order valence-corrected chi connectivity index (χ2v) is 8.46. The van der Waals surface area contributed by atoms with Gasteiger partial charge in [0.25, 0.3) is 0 Å². The maximum atomic E-state index is 5.14. The molecule has 1 aliphatic rings. The van der Waals surface area contributed by atoms with E-state index in [1.807, 2.05) is 13.0 Å². The zero-order chi connectivity index (χ0) is 22.9. The molecule has 2 aromatic carbocycles. The number of aryl methyl sites for hydroxylation is 1. The summed E-state index contributed by atoms with van der Waals surface area (Å²) in [5, 5.41) is 0.961. The number of pyridine rings is 1. The highest BCUT2D eigenvalue weighted by Crippen LogP contribution is 2.38. The Morgan fingerprint density at radius 1 is 0.941 bits per heavy atom. The van der Waals surface area contributed by atoms with Crippen LogP contribution in [0.1, 0.15) is 30.0 Å². The van der Waals surface area contributed by atoms with E-state index in [-0.39, 0.29) is 6.04 Å². The van der Waals surface area contributed by atoms with Crippen molar-refractivity contribution in [3.05, 3.63) is 96.7 Å². The number of aromatic nitrogens is 5. The maximum absolute atomic E-state index is 5.14. The van der Waals surface area contributed by atoms with E-state index in [1.54, 1.807) is 18.9 Å². The summed E-state index contributed by atoms with van der Waals surface area (Å²) in [6.45, 7) is 2.83. The topological polar surface area (TPSA) is 67.7 Å². The van der Waals surface area contributed by atoms with Gasteiger partial charge in [-0.25, -0.2) is 24.9 Å². The Morgan fingerprint density at radius 2 is 1.85 bits per heavy atom. The summed E-state index contributed by atoms with van der Waals surface area (Å²) in [6.07, 6.45) is 11.1. The van der Waals surface area contributed by atoms with Gasteiger partial charge < -0.3 is 4.90 Å². The zero-order valence-electron chi connectivity index (χ0n) is 18.8. The lowest BCUT2D eigenvalue weighted by Gasteiger charge is -2.32. The van der Waals surface area contributed by atoms with Crippen molar-refractivity contribution in [1.82, 2.24) is 24.9 Å². The number of anilines is 1. The molecule has 0 bridgehead atoms. The molecule has 6 rings (SSSR count). The average Bonchev–Trinajstić information content (AvgIpc) is 3.14. The van der Waals surface area contributed by atoms with Crippen molar-refractivity contribution in [2.75, 3.05) is 11.4 Å². The first-order chi connectivity index (χ1) is 16.8. The van der Waals surface area contributed by atoms with Crippen LogP contribution in [-0.2, 0) is 0 Å². The molecule has 6 heteroatoms. The van der Waals surface area contributed by atoms with Gasteiger partial charge in [0.1, 0.15) is 23.7 Å². The molecule has 0 N–H and O–H groups in total. The molecule has 0 aliphatic carbocycles. The SMILES string of the molecule is Cc1c#cc2cc([C@@H]3CC=CCCN3c3ncnc4cncnc34)c(-c3ccccc3)nc2c1. The van der Waals surface area contributed by atoms with Crippen molar-refractivity contribution in [2.45, 2.75) is 25.8 Å². The van der Waals surface area contributed by atoms with Gasteiger partial charge in [-0.1, -0.05) is 54.6 Å². The molecule has 0 radical (unpaired) electrons. The summed E-state index contributed by atoms with van der Waals surface area (Å²) < 4.78 is 0. The third kappa shape index (κ3) is 3.61. The Balaban J connectivity index is 1.59. The number of fused-ring (bicyclic) bond motifs is 2. The van der Waals surface area contributed by atoms with Crippen molar-refractivity contribution in [3.8, 4) is 11.3 Å². The molecular weight excluding hydrogens is 420 g/mol. The van der Waals surface area contributed by atoms with E-state index in [9.17, 15) is 0 Å². The number of benzene rings is 1. The Hall–Kier alpha value is -4.37. The van der Waals surface area contributed by atoms with Crippen LogP contribution in [0.2, 0.25) is 0 Å². The molecule has 0 amide bonds. The highest BCUT2D eigenvalue weighted by molar-refractivity contribution is 5.86. The predicted molar refractivity (Wildman–Crippen MR) is 133 cm³/mol. The molecule has 0 fully saturated rings. The molecule has 1 atom stereocenters. The Morgan fingerprint density at radius 3 is 2.76 bits per heavy atom. The number of hydrogen-bond donors (Lipinski definition) is 0. The van der Waals surface area contributed by atoms with Gasteiger partial charge in [-0.05, 0) is 31.9 Å². The monoisotopic (exact) mass is 442 g/mol. The lowest BCUT2D eigenvalue weighted by atomic mass is 9.95. The van der Waals surface area contributed by atoms with E-state index in [0.717, 1.165) is 69.5 Å². The van der Waals surface area contributed by atoms with Crippen molar-refractivity contribution in [2.24, 2.45) is 0 Å². The van der Waals surface area contributed by atoms with E-state index in [0.29, 0.717) is 0 Å². The second-order valence-electron chi connectivity index (χ2n) is 8.46. The van der Waals surface area contributed by atoms with Crippen molar-refractivity contribution in [3.63, 3.8) is 0 Å². The number of hydrogen-bond acceptors (Lipinski definition) is 6. The first-order valence-corrected chi connectivity index (χ1v) is 11.4.